The molecule has 0 spiro atoms. The van der Waals surface area contributed by atoms with E-state index >= 15 is 0 Å². The first kappa shape index (κ1) is 16.2. The predicted molar refractivity (Wildman–Crippen MR) is 96.0 cm³/mol. The summed E-state index contributed by atoms with van der Waals surface area (Å²) < 4.78 is 0. The van der Waals surface area contributed by atoms with Crippen molar-refractivity contribution in [2.75, 3.05) is 6.54 Å². The predicted octanol–water partition coefficient (Wildman–Crippen LogP) is 5.14. The van der Waals surface area contributed by atoms with Crippen LogP contribution in [0.2, 0.25) is 0 Å². The molecule has 21 heavy (non-hydrogen) atoms. The Kier molecular flexibility index (Phi) is 5.58. The first-order valence-electron chi connectivity index (χ1n) is 8.03. The number of hydrogen-bond donors (Lipinski definition) is 1. The fourth-order valence-corrected chi connectivity index (χ4v) is 2.93. The molecule has 1 aromatic carbocycles. The van der Waals surface area contributed by atoms with Crippen LogP contribution >= 0.6 is 12.2 Å². The molecule has 0 unspecified atom stereocenters. The van der Waals surface area contributed by atoms with Gasteiger partial charge >= 0.3 is 0 Å². The van der Waals surface area contributed by atoms with E-state index in [9.17, 15) is 0 Å². The zero-order valence-corrected chi connectivity index (χ0v) is 14.4. The van der Waals surface area contributed by atoms with E-state index in [1.165, 1.54) is 31.2 Å². The summed E-state index contributed by atoms with van der Waals surface area (Å²) in [4.78, 5) is 0.867. The van der Waals surface area contributed by atoms with E-state index in [4.69, 9.17) is 12.2 Å². The Morgan fingerprint density at radius 1 is 1.14 bits per heavy atom. The summed E-state index contributed by atoms with van der Waals surface area (Å²) in [5.74, 6) is 0. The number of thiocarbonyl (C=S) groups is 1. The summed E-state index contributed by atoms with van der Waals surface area (Å²) in [6.45, 7) is 7.65. The van der Waals surface area contributed by atoms with Crippen LogP contribution in [0.15, 0.2) is 35.9 Å². The molecule has 0 aromatic heterocycles. The molecule has 0 radical (unpaired) electrons. The lowest BCUT2D eigenvalue weighted by molar-refractivity contribution is 0.590. The Labute approximate surface area is 134 Å². The Balaban J connectivity index is 1.84. The Morgan fingerprint density at radius 3 is 2.43 bits per heavy atom. The van der Waals surface area contributed by atoms with Crippen LogP contribution in [-0.4, -0.2) is 11.5 Å². The summed E-state index contributed by atoms with van der Waals surface area (Å²) in [5.41, 5.74) is 4.26. The lowest BCUT2D eigenvalue weighted by atomic mass is 9.87. The van der Waals surface area contributed by atoms with Gasteiger partial charge in [-0.2, -0.15) is 0 Å². The molecule has 1 aliphatic rings. The molecule has 1 nitrogen and oxygen atoms in total. The zero-order chi connectivity index (χ0) is 15.3. The van der Waals surface area contributed by atoms with E-state index in [2.05, 4.69) is 56.4 Å². The molecule has 2 rings (SSSR count). The molecule has 0 saturated carbocycles. The second-order valence-corrected chi connectivity index (χ2v) is 7.35. The fourth-order valence-electron chi connectivity index (χ4n) is 2.69. The Hall–Kier alpha value is -1.15. The van der Waals surface area contributed by atoms with Crippen LogP contribution in [0.5, 0.6) is 0 Å². The first-order valence-corrected chi connectivity index (χ1v) is 8.44. The van der Waals surface area contributed by atoms with Gasteiger partial charge in [-0.3, -0.25) is 0 Å². The summed E-state index contributed by atoms with van der Waals surface area (Å²) in [6.07, 6.45) is 8.77. The van der Waals surface area contributed by atoms with Crippen LogP contribution in [0.25, 0.3) is 0 Å². The molecular weight excluding hydrogens is 274 g/mol. The van der Waals surface area contributed by atoms with Crippen LogP contribution in [0.3, 0.4) is 0 Å². The maximum Gasteiger partial charge on any atom is 0.106 e. The van der Waals surface area contributed by atoms with Gasteiger partial charge in [-0.05, 0) is 43.1 Å². The number of nitrogens with one attached hydrogen (secondary N) is 1. The minimum atomic E-state index is 0.195. The highest BCUT2D eigenvalue weighted by molar-refractivity contribution is 7.80. The summed E-state index contributed by atoms with van der Waals surface area (Å²) >= 11 is 5.49. The second kappa shape index (κ2) is 7.22. The summed E-state index contributed by atoms with van der Waals surface area (Å²) in [6, 6.07) is 8.64. The lowest BCUT2D eigenvalue weighted by Gasteiger charge is -2.19. The lowest BCUT2D eigenvalue weighted by Crippen LogP contribution is -2.24. The maximum atomic E-state index is 5.49. The molecule has 0 heterocycles. The van der Waals surface area contributed by atoms with Crippen molar-refractivity contribution in [2.24, 2.45) is 0 Å². The van der Waals surface area contributed by atoms with Crippen molar-refractivity contribution in [3.05, 3.63) is 47.0 Å². The molecule has 0 bridgehead atoms. The largest absolute Gasteiger partial charge is 0.375 e. The minimum absolute atomic E-state index is 0.195. The molecule has 1 aromatic rings. The Morgan fingerprint density at radius 2 is 1.86 bits per heavy atom. The first-order chi connectivity index (χ1) is 9.97. The summed E-state index contributed by atoms with van der Waals surface area (Å²) in [5, 5.41) is 3.40. The van der Waals surface area contributed by atoms with E-state index < -0.39 is 0 Å². The minimum Gasteiger partial charge on any atom is -0.375 e. The van der Waals surface area contributed by atoms with Gasteiger partial charge in [0, 0.05) is 12.1 Å². The van der Waals surface area contributed by atoms with Gasteiger partial charge in [-0.15, -0.1) is 0 Å². The average molecular weight is 301 g/mol. The van der Waals surface area contributed by atoms with Gasteiger partial charge in [-0.1, -0.05) is 68.9 Å². The molecule has 2 heteroatoms. The quantitative estimate of drug-likeness (QED) is 0.610. The number of benzene rings is 1. The SMILES string of the molecule is CC(C)(C)c1ccc(C(=S)NCCC2=CCCCC2)cc1. The van der Waals surface area contributed by atoms with Crippen molar-refractivity contribution < 1.29 is 0 Å². The molecule has 114 valence electrons. The van der Waals surface area contributed by atoms with Crippen LogP contribution in [0.4, 0.5) is 0 Å². The van der Waals surface area contributed by atoms with Crippen molar-refractivity contribution in [3.63, 3.8) is 0 Å². The number of allylic oxidation sites excluding steroid dienone is 1. The topological polar surface area (TPSA) is 12.0 Å². The molecule has 0 fully saturated rings. The van der Waals surface area contributed by atoms with E-state index in [1.807, 2.05) is 0 Å². The second-order valence-electron chi connectivity index (χ2n) is 6.94. The van der Waals surface area contributed by atoms with E-state index in [-0.39, 0.29) is 5.41 Å². The van der Waals surface area contributed by atoms with Crippen molar-refractivity contribution in [1.82, 2.24) is 5.32 Å². The summed E-state index contributed by atoms with van der Waals surface area (Å²) in [7, 11) is 0. The van der Waals surface area contributed by atoms with Gasteiger partial charge < -0.3 is 5.32 Å². The number of hydrogen-bond acceptors (Lipinski definition) is 1. The fraction of sp³-hybridized carbons (Fsp3) is 0.526. The zero-order valence-electron chi connectivity index (χ0n) is 13.5. The molecule has 0 atom stereocenters. The third-order valence-electron chi connectivity index (χ3n) is 4.13. The van der Waals surface area contributed by atoms with Crippen molar-refractivity contribution in [3.8, 4) is 0 Å². The maximum absolute atomic E-state index is 5.49. The third-order valence-corrected chi connectivity index (χ3v) is 4.51. The van der Waals surface area contributed by atoms with E-state index in [0.29, 0.717) is 0 Å². The van der Waals surface area contributed by atoms with Crippen LogP contribution in [-0.2, 0) is 5.41 Å². The smallest absolute Gasteiger partial charge is 0.106 e. The van der Waals surface area contributed by atoms with Gasteiger partial charge in [-0.25, -0.2) is 0 Å². The van der Waals surface area contributed by atoms with Gasteiger partial charge in [0.15, 0.2) is 0 Å². The highest BCUT2D eigenvalue weighted by Gasteiger charge is 2.13. The molecule has 0 saturated heterocycles. The van der Waals surface area contributed by atoms with Crippen LogP contribution < -0.4 is 5.32 Å². The van der Waals surface area contributed by atoms with E-state index in [0.717, 1.165) is 23.5 Å². The standard InChI is InChI=1S/C19H27NS/c1-19(2,3)17-11-9-16(10-12-17)18(21)20-14-13-15-7-5-4-6-8-15/h7,9-12H,4-6,8,13-14H2,1-3H3,(H,20,21). The Bertz CT molecular complexity index is 505. The molecule has 0 amide bonds. The van der Waals surface area contributed by atoms with Crippen molar-refractivity contribution in [1.29, 1.82) is 0 Å². The molecule has 0 aliphatic heterocycles. The normalized spacial score (nSPS) is 15.5. The number of rotatable bonds is 4. The van der Waals surface area contributed by atoms with Crippen LogP contribution in [0.1, 0.15) is 64.0 Å². The highest BCUT2D eigenvalue weighted by Crippen LogP contribution is 2.22. The van der Waals surface area contributed by atoms with Gasteiger partial charge in [0.05, 0.1) is 0 Å². The van der Waals surface area contributed by atoms with Gasteiger partial charge in [0.2, 0.25) is 0 Å². The van der Waals surface area contributed by atoms with Crippen LogP contribution in [0, 0.1) is 0 Å². The average Bonchev–Trinajstić information content (AvgIpc) is 2.47. The van der Waals surface area contributed by atoms with Gasteiger partial charge in [0.1, 0.15) is 4.99 Å². The highest BCUT2D eigenvalue weighted by atomic mass is 32.1. The van der Waals surface area contributed by atoms with Gasteiger partial charge in [0.25, 0.3) is 0 Å². The van der Waals surface area contributed by atoms with Crippen molar-refractivity contribution >= 4 is 17.2 Å². The molecule has 1 aliphatic carbocycles. The van der Waals surface area contributed by atoms with E-state index in [1.54, 1.807) is 5.57 Å². The third kappa shape index (κ3) is 4.96. The molecular formula is C19H27NS. The van der Waals surface area contributed by atoms with Crippen molar-refractivity contribution in [2.45, 2.75) is 58.3 Å². The molecule has 1 N–H and O–H groups in total. The monoisotopic (exact) mass is 301 g/mol.